The van der Waals surface area contributed by atoms with Gasteiger partial charge in [0, 0.05) is 51.5 Å². The molecule has 1 saturated heterocycles. The van der Waals surface area contributed by atoms with Crippen molar-refractivity contribution in [3.63, 3.8) is 0 Å². The predicted octanol–water partition coefficient (Wildman–Crippen LogP) is 1.37. The Morgan fingerprint density at radius 3 is 2.73 bits per heavy atom. The highest BCUT2D eigenvalue weighted by atomic mass is 35.5. The minimum absolute atomic E-state index is 0.569. The molecule has 0 radical (unpaired) electrons. The molecule has 0 saturated carbocycles. The molecule has 2 aromatic rings. The van der Waals surface area contributed by atoms with Gasteiger partial charge in [0.25, 0.3) is 0 Å². The standard InChI is InChI=1S/C15H20ClN5O/c1-22-13-3-2-12-14(19-13)15(11(16)10-18-12)21-8-6-20(5-4-17)7-9-21/h2-3,10H,4-9,17H2,1H3. The van der Waals surface area contributed by atoms with E-state index >= 15 is 0 Å². The second kappa shape index (κ2) is 6.64. The molecule has 7 heteroatoms. The highest BCUT2D eigenvalue weighted by molar-refractivity contribution is 6.34. The van der Waals surface area contributed by atoms with Crippen LogP contribution in [-0.2, 0) is 0 Å². The zero-order chi connectivity index (χ0) is 15.5. The summed E-state index contributed by atoms with van der Waals surface area (Å²) >= 11 is 6.41. The fourth-order valence-electron chi connectivity index (χ4n) is 2.80. The SMILES string of the molecule is COc1ccc2ncc(Cl)c(N3CCN(CCN)CC3)c2n1. The van der Waals surface area contributed by atoms with Crippen LogP contribution in [-0.4, -0.2) is 61.2 Å². The first kappa shape index (κ1) is 15.3. The Labute approximate surface area is 134 Å². The molecule has 0 spiro atoms. The smallest absolute Gasteiger partial charge is 0.213 e. The van der Waals surface area contributed by atoms with Gasteiger partial charge in [-0.05, 0) is 6.07 Å². The zero-order valence-electron chi connectivity index (χ0n) is 12.6. The number of halogens is 1. The number of aromatic nitrogens is 2. The molecule has 0 unspecified atom stereocenters. The van der Waals surface area contributed by atoms with Crippen molar-refractivity contribution in [2.75, 3.05) is 51.3 Å². The van der Waals surface area contributed by atoms with Crippen molar-refractivity contribution in [2.45, 2.75) is 0 Å². The molecular weight excluding hydrogens is 302 g/mol. The van der Waals surface area contributed by atoms with Crippen molar-refractivity contribution in [3.8, 4) is 5.88 Å². The Morgan fingerprint density at radius 1 is 1.27 bits per heavy atom. The molecule has 22 heavy (non-hydrogen) atoms. The molecule has 1 fully saturated rings. The van der Waals surface area contributed by atoms with Crippen molar-refractivity contribution in [3.05, 3.63) is 23.4 Å². The summed E-state index contributed by atoms with van der Waals surface area (Å²) in [6, 6.07) is 3.72. The van der Waals surface area contributed by atoms with Crippen molar-refractivity contribution in [1.29, 1.82) is 0 Å². The molecule has 118 valence electrons. The fourth-order valence-corrected chi connectivity index (χ4v) is 3.06. The van der Waals surface area contributed by atoms with Crippen LogP contribution in [0.1, 0.15) is 0 Å². The lowest BCUT2D eigenvalue weighted by molar-refractivity contribution is 0.265. The molecule has 0 aliphatic carbocycles. The minimum Gasteiger partial charge on any atom is -0.481 e. The average molecular weight is 322 g/mol. The molecule has 0 bridgehead atoms. The summed E-state index contributed by atoms with van der Waals surface area (Å²) in [6.07, 6.45) is 1.69. The highest BCUT2D eigenvalue weighted by Crippen LogP contribution is 2.33. The molecule has 6 nitrogen and oxygen atoms in total. The lowest BCUT2D eigenvalue weighted by Gasteiger charge is -2.36. The first-order valence-electron chi connectivity index (χ1n) is 7.39. The van der Waals surface area contributed by atoms with Crippen LogP contribution in [0.3, 0.4) is 0 Å². The number of rotatable bonds is 4. The van der Waals surface area contributed by atoms with E-state index in [-0.39, 0.29) is 0 Å². The third-order valence-corrected chi connectivity index (χ3v) is 4.24. The molecule has 1 aliphatic heterocycles. The van der Waals surface area contributed by atoms with Crippen molar-refractivity contribution in [2.24, 2.45) is 5.73 Å². The molecule has 1 aliphatic rings. The quantitative estimate of drug-likeness (QED) is 0.917. The van der Waals surface area contributed by atoms with E-state index in [0.717, 1.165) is 49.4 Å². The van der Waals surface area contributed by atoms with E-state index in [1.54, 1.807) is 13.3 Å². The largest absolute Gasteiger partial charge is 0.481 e. The molecule has 0 aromatic carbocycles. The van der Waals surface area contributed by atoms with Gasteiger partial charge in [0.1, 0.15) is 5.52 Å². The number of hydrogen-bond donors (Lipinski definition) is 1. The van der Waals surface area contributed by atoms with Gasteiger partial charge >= 0.3 is 0 Å². The number of nitrogens with zero attached hydrogens (tertiary/aromatic N) is 4. The number of hydrogen-bond acceptors (Lipinski definition) is 6. The third kappa shape index (κ3) is 2.95. The summed E-state index contributed by atoms with van der Waals surface area (Å²) in [6.45, 7) is 5.38. The normalized spacial score (nSPS) is 16.2. The maximum absolute atomic E-state index is 6.41. The molecule has 2 N–H and O–H groups in total. The van der Waals surface area contributed by atoms with E-state index in [2.05, 4.69) is 19.8 Å². The maximum atomic E-state index is 6.41. The molecule has 0 atom stereocenters. The van der Waals surface area contributed by atoms with Crippen molar-refractivity contribution >= 4 is 28.3 Å². The van der Waals surface area contributed by atoms with Crippen LogP contribution >= 0.6 is 11.6 Å². The lowest BCUT2D eigenvalue weighted by atomic mass is 10.2. The molecule has 3 rings (SSSR count). The van der Waals surface area contributed by atoms with Gasteiger partial charge in [0.15, 0.2) is 0 Å². The lowest BCUT2D eigenvalue weighted by Crippen LogP contribution is -2.48. The van der Waals surface area contributed by atoms with E-state index in [4.69, 9.17) is 22.1 Å². The number of piperazine rings is 1. The van der Waals surface area contributed by atoms with Crippen LogP contribution < -0.4 is 15.4 Å². The molecule has 0 amide bonds. The summed E-state index contributed by atoms with van der Waals surface area (Å²) in [5.41, 5.74) is 8.18. The van der Waals surface area contributed by atoms with Crippen LogP contribution in [0.4, 0.5) is 5.69 Å². The molecule has 2 aromatic heterocycles. The monoisotopic (exact) mass is 321 g/mol. The van der Waals surface area contributed by atoms with Gasteiger partial charge in [-0.15, -0.1) is 0 Å². The summed E-state index contributed by atoms with van der Waals surface area (Å²) in [5.74, 6) is 0.569. The predicted molar refractivity (Wildman–Crippen MR) is 88.8 cm³/mol. The van der Waals surface area contributed by atoms with Gasteiger partial charge < -0.3 is 15.4 Å². The number of pyridine rings is 2. The van der Waals surface area contributed by atoms with E-state index in [1.807, 2.05) is 12.1 Å². The van der Waals surface area contributed by atoms with Crippen LogP contribution in [0.15, 0.2) is 18.3 Å². The van der Waals surface area contributed by atoms with Crippen molar-refractivity contribution in [1.82, 2.24) is 14.9 Å². The number of methoxy groups -OCH3 is 1. The highest BCUT2D eigenvalue weighted by Gasteiger charge is 2.21. The van der Waals surface area contributed by atoms with Gasteiger partial charge in [0.05, 0.1) is 23.3 Å². The zero-order valence-corrected chi connectivity index (χ0v) is 13.4. The Morgan fingerprint density at radius 2 is 2.05 bits per heavy atom. The number of nitrogens with two attached hydrogens (primary N) is 1. The summed E-state index contributed by atoms with van der Waals surface area (Å²) in [5, 5.41) is 0.625. The number of anilines is 1. The maximum Gasteiger partial charge on any atom is 0.213 e. The van der Waals surface area contributed by atoms with Crippen LogP contribution in [0.2, 0.25) is 5.02 Å². The van der Waals surface area contributed by atoms with Gasteiger partial charge in [-0.25, -0.2) is 4.98 Å². The Bertz CT molecular complexity index is 658. The van der Waals surface area contributed by atoms with E-state index in [1.165, 1.54) is 0 Å². The first-order valence-corrected chi connectivity index (χ1v) is 7.77. The molecule has 3 heterocycles. The number of fused-ring (bicyclic) bond motifs is 1. The average Bonchev–Trinajstić information content (AvgIpc) is 2.55. The van der Waals surface area contributed by atoms with Crippen LogP contribution in [0.25, 0.3) is 11.0 Å². The Kier molecular flexibility index (Phi) is 4.61. The summed E-state index contributed by atoms with van der Waals surface area (Å²) in [4.78, 5) is 13.5. The van der Waals surface area contributed by atoms with Gasteiger partial charge in [-0.1, -0.05) is 11.6 Å². The Hall–Kier alpha value is -1.63. The van der Waals surface area contributed by atoms with Crippen LogP contribution in [0, 0.1) is 0 Å². The topological polar surface area (TPSA) is 67.5 Å². The van der Waals surface area contributed by atoms with E-state index in [0.29, 0.717) is 17.4 Å². The number of ether oxygens (including phenoxy) is 1. The van der Waals surface area contributed by atoms with Gasteiger partial charge in [0.2, 0.25) is 5.88 Å². The Balaban J connectivity index is 1.94. The van der Waals surface area contributed by atoms with Crippen LogP contribution in [0.5, 0.6) is 5.88 Å². The van der Waals surface area contributed by atoms with E-state index in [9.17, 15) is 0 Å². The van der Waals surface area contributed by atoms with Gasteiger partial charge in [-0.3, -0.25) is 9.88 Å². The summed E-state index contributed by atoms with van der Waals surface area (Å²) < 4.78 is 5.23. The third-order valence-electron chi connectivity index (χ3n) is 3.96. The van der Waals surface area contributed by atoms with Gasteiger partial charge in [-0.2, -0.15) is 0 Å². The van der Waals surface area contributed by atoms with Crippen molar-refractivity contribution < 1.29 is 4.74 Å². The first-order chi connectivity index (χ1) is 10.7. The minimum atomic E-state index is 0.569. The fraction of sp³-hybridized carbons (Fsp3) is 0.467. The van der Waals surface area contributed by atoms with E-state index < -0.39 is 0 Å². The molecular formula is C15H20ClN5O. The second-order valence-electron chi connectivity index (χ2n) is 5.29. The summed E-state index contributed by atoms with van der Waals surface area (Å²) in [7, 11) is 1.61. The second-order valence-corrected chi connectivity index (χ2v) is 5.70.